The number of ketones is 1. The number of rotatable bonds is 4. The molecule has 1 rings (SSSR count). The Morgan fingerprint density at radius 1 is 1.44 bits per heavy atom. The number of carbonyl (C=O) groups excluding carboxylic acids is 1. The summed E-state index contributed by atoms with van der Waals surface area (Å²) in [5.41, 5.74) is 1.72. The van der Waals surface area contributed by atoms with Crippen molar-refractivity contribution >= 4 is 5.78 Å². The first kappa shape index (κ1) is 12.5. The summed E-state index contributed by atoms with van der Waals surface area (Å²) in [6.45, 7) is 6.82. The molecule has 2 N–H and O–H groups in total. The van der Waals surface area contributed by atoms with Crippen molar-refractivity contribution < 1.29 is 15.0 Å². The Morgan fingerprint density at radius 2 is 2.06 bits per heavy atom. The van der Waals surface area contributed by atoms with Crippen LogP contribution in [0.5, 0.6) is 5.75 Å². The van der Waals surface area contributed by atoms with Gasteiger partial charge >= 0.3 is 0 Å². The topological polar surface area (TPSA) is 57.5 Å². The highest BCUT2D eigenvalue weighted by Gasteiger charge is 2.11. The number of aromatic hydroxyl groups is 1. The van der Waals surface area contributed by atoms with E-state index in [1.165, 1.54) is 13.0 Å². The van der Waals surface area contributed by atoms with Crippen molar-refractivity contribution in [2.45, 2.75) is 26.4 Å². The number of phenols is 1. The molecule has 3 nitrogen and oxygen atoms in total. The summed E-state index contributed by atoms with van der Waals surface area (Å²) < 4.78 is 0. The third kappa shape index (κ3) is 2.94. The molecule has 0 spiro atoms. The molecule has 0 bridgehead atoms. The molecule has 0 saturated carbocycles. The molecule has 0 aromatic heterocycles. The van der Waals surface area contributed by atoms with Crippen LogP contribution in [0.25, 0.3) is 0 Å². The molecule has 86 valence electrons. The number of aliphatic hydroxyl groups excluding tert-OH is 1. The second-order valence-electron chi connectivity index (χ2n) is 3.97. The van der Waals surface area contributed by atoms with Crippen LogP contribution in [-0.4, -0.2) is 22.1 Å². The second-order valence-corrected chi connectivity index (χ2v) is 3.97. The first-order valence-electron chi connectivity index (χ1n) is 5.08. The van der Waals surface area contributed by atoms with E-state index in [-0.39, 0.29) is 18.0 Å². The lowest BCUT2D eigenvalue weighted by molar-refractivity contribution is 0.101. The number of Topliss-reactive ketones (excluding diaryl/α,β-unsaturated/α-hetero) is 1. The molecule has 0 heterocycles. The SMILES string of the molecule is C=C(C)C(O)Cc1cc(C(C)=O)ccc1O. The van der Waals surface area contributed by atoms with E-state index in [9.17, 15) is 15.0 Å². The minimum absolute atomic E-state index is 0.0638. The number of carbonyl (C=O) groups is 1. The average molecular weight is 220 g/mol. The Bertz CT molecular complexity index is 421. The maximum atomic E-state index is 11.2. The van der Waals surface area contributed by atoms with Gasteiger partial charge in [0.2, 0.25) is 0 Å². The number of benzene rings is 1. The van der Waals surface area contributed by atoms with Gasteiger partial charge in [0.15, 0.2) is 5.78 Å². The average Bonchev–Trinajstić information content (AvgIpc) is 2.20. The van der Waals surface area contributed by atoms with Crippen LogP contribution >= 0.6 is 0 Å². The minimum Gasteiger partial charge on any atom is -0.508 e. The molecule has 0 aliphatic rings. The van der Waals surface area contributed by atoms with Crippen molar-refractivity contribution in [2.24, 2.45) is 0 Å². The molecule has 0 radical (unpaired) electrons. The van der Waals surface area contributed by atoms with E-state index in [1.54, 1.807) is 19.1 Å². The predicted molar refractivity (Wildman–Crippen MR) is 62.6 cm³/mol. The van der Waals surface area contributed by atoms with Gasteiger partial charge in [0.1, 0.15) is 5.75 Å². The van der Waals surface area contributed by atoms with Crippen molar-refractivity contribution in [3.8, 4) is 5.75 Å². The van der Waals surface area contributed by atoms with Crippen molar-refractivity contribution in [3.63, 3.8) is 0 Å². The minimum atomic E-state index is -0.701. The Morgan fingerprint density at radius 3 is 2.56 bits per heavy atom. The summed E-state index contributed by atoms with van der Waals surface area (Å²) >= 11 is 0. The highest BCUT2D eigenvalue weighted by molar-refractivity contribution is 5.94. The van der Waals surface area contributed by atoms with E-state index in [2.05, 4.69) is 6.58 Å². The Labute approximate surface area is 95.0 Å². The normalized spacial score (nSPS) is 12.2. The maximum absolute atomic E-state index is 11.2. The molecule has 0 aliphatic heterocycles. The molecule has 1 atom stereocenters. The van der Waals surface area contributed by atoms with Crippen LogP contribution in [-0.2, 0) is 6.42 Å². The van der Waals surface area contributed by atoms with E-state index in [1.807, 2.05) is 0 Å². The molecule has 0 aliphatic carbocycles. The van der Waals surface area contributed by atoms with Crippen LogP contribution in [0.4, 0.5) is 0 Å². The van der Waals surface area contributed by atoms with Gasteiger partial charge < -0.3 is 10.2 Å². The largest absolute Gasteiger partial charge is 0.508 e. The Hall–Kier alpha value is -1.61. The predicted octanol–water partition coefficient (Wildman–Crippen LogP) is 2.07. The van der Waals surface area contributed by atoms with Crippen LogP contribution in [0.15, 0.2) is 30.4 Å². The lowest BCUT2D eigenvalue weighted by Crippen LogP contribution is -2.11. The van der Waals surface area contributed by atoms with Gasteiger partial charge in [-0.2, -0.15) is 0 Å². The van der Waals surface area contributed by atoms with Gasteiger partial charge in [0.05, 0.1) is 6.10 Å². The molecule has 3 heteroatoms. The van der Waals surface area contributed by atoms with E-state index >= 15 is 0 Å². The van der Waals surface area contributed by atoms with Crippen molar-refractivity contribution in [2.75, 3.05) is 0 Å². The second kappa shape index (κ2) is 4.94. The number of hydrogen-bond acceptors (Lipinski definition) is 3. The summed E-state index contributed by atoms with van der Waals surface area (Å²) in [7, 11) is 0. The molecule has 0 saturated heterocycles. The van der Waals surface area contributed by atoms with Crippen LogP contribution in [0.3, 0.4) is 0 Å². The van der Waals surface area contributed by atoms with Gasteiger partial charge in [-0.15, -0.1) is 0 Å². The zero-order chi connectivity index (χ0) is 12.3. The summed E-state index contributed by atoms with van der Waals surface area (Å²) in [5.74, 6) is 0.0244. The van der Waals surface area contributed by atoms with Crippen molar-refractivity contribution in [1.82, 2.24) is 0 Å². The van der Waals surface area contributed by atoms with Gasteiger partial charge in [0.25, 0.3) is 0 Å². The highest BCUT2D eigenvalue weighted by Crippen LogP contribution is 2.21. The van der Waals surface area contributed by atoms with Gasteiger partial charge in [-0.25, -0.2) is 0 Å². The summed E-state index contributed by atoms with van der Waals surface area (Å²) in [5, 5.41) is 19.2. The smallest absolute Gasteiger partial charge is 0.159 e. The molecular weight excluding hydrogens is 204 g/mol. The number of hydrogen-bond donors (Lipinski definition) is 2. The van der Waals surface area contributed by atoms with Crippen LogP contribution < -0.4 is 0 Å². The van der Waals surface area contributed by atoms with Crippen molar-refractivity contribution in [1.29, 1.82) is 0 Å². The lowest BCUT2D eigenvalue weighted by atomic mass is 9.99. The zero-order valence-electron chi connectivity index (χ0n) is 9.53. The zero-order valence-corrected chi connectivity index (χ0v) is 9.53. The van der Waals surface area contributed by atoms with E-state index in [0.29, 0.717) is 16.7 Å². The summed E-state index contributed by atoms with van der Waals surface area (Å²) in [6, 6.07) is 4.63. The molecule has 16 heavy (non-hydrogen) atoms. The third-order valence-corrected chi connectivity index (χ3v) is 2.47. The van der Waals surface area contributed by atoms with E-state index in [0.717, 1.165) is 0 Å². The van der Waals surface area contributed by atoms with Crippen LogP contribution in [0.2, 0.25) is 0 Å². The summed E-state index contributed by atoms with van der Waals surface area (Å²) in [6.07, 6.45) is -0.435. The van der Waals surface area contributed by atoms with Gasteiger partial charge in [0, 0.05) is 12.0 Å². The van der Waals surface area contributed by atoms with Gasteiger partial charge in [-0.05, 0) is 37.6 Å². The molecule has 1 aromatic carbocycles. The van der Waals surface area contributed by atoms with Crippen LogP contribution in [0.1, 0.15) is 29.8 Å². The van der Waals surface area contributed by atoms with Crippen molar-refractivity contribution in [3.05, 3.63) is 41.5 Å². The molecule has 0 amide bonds. The third-order valence-electron chi connectivity index (χ3n) is 2.47. The first-order chi connectivity index (χ1) is 7.41. The van der Waals surface area contributed by atoms with Crippen LogP contribution in [0, 0.1) is 0 Å². The van der Waals surface area contributed by atoms with E-state index < -0.39 is 6.10 Å². The highest BCUT2D eigenvalue weighted by atomic mass is 16.3. The fourth-order valence-electron chi connectivity index (χ4n) is 1.35. The van der Waals surface area contributed by atoms with E-state index in [4.69, 9.17) is 0 Å². The fraction of sp³-hybridized carbons (Fsp3) is 0.308. The fourth-order valence-corrected chi connectivity index (χ4v) is 1.35. The Kier molecular flexibility index (Phi) is 3.85. The molecule has 0 fully saturated rings. The molecular formula is C13H16O3. The Balaban J connectivity index is 2.98. The molecule has 1 unspecified atom stereocenters. The lowest BCUT2D eigenvalue weighted by Gasteiger charge is -2.12. The summed E-state index contributed by atoms with van der Waals surface area (Å²) in [4.78, 5) is 11.2. The number of aliphatic hydroxyl groups is 1. The number of phenolic OH excluding ortho intramolecular Hbond substituents is 1. The quantitative estimate of drug-likeness (QED) is 0.603. The standard InChI is InChI=1S/C13H16O3/c1-8(2)13(16)7-11-6-10(9(3)14)4-5-12(11)15/h4-6,13,15-16H,1,7H2,2-3H3. The first-order valence-corrected chi connectivity index (χ1v) is 5.08. The van der Waals surface area contributed by atoms with Gasteiger partial charge in [-0.3, -0.25) is 4.79 Å². The van der Waals surface area contributed by atoms with Gasteiger partial charge in [-0.1, -0.05) is 12.2 Å². The monoisotopic (exact) mass is 220 g/mol. The maximum Gasteiger partial charge on any atom is 0.159 e. The molecule has 1 aromatic rings.